The van der Waals surface area contributed by atoms with E-state index in [1.54, 1.807) is 19.4 Å². The Labute approximate surface area is 99.5 Å². The van der Waals surface area contributed by atoms with Crippen LogP contribution in [0.25, 0.3) is 0 Å². The number of aryl methyl sites for hydroxylation is 1. The summed E-state index contributed by atoms with van der Waals surface area (Å²) < 4.78 is 6.93. The summed E-state index contributed by atoms with van der Waals surface area (Å²) >= 11 is 0. The van der Waals surface area contributed by atoms with Crippen molar-refractivity contribution in [1.29, 1.82) is 0 Å². The van der Waals surface area contributed by atoms with E-state index >= 15 is 0 Å². The molecule has 17 heavy (non-hydrogen) atoms. The van der Waals surface area contributed by atoms with Crippen LogP contribution in [0.3, 0.4) is 0 Å². The van der Waals surface area contributed by atoms with Gasteiger partial charge in [-0.15, -0.1) is 0 Å². The maximum atomic E-state index is 12.0. The number of hydrogen-bond donors (Lipinski definition) is 1. The number of nitrogens with zero attached hydrogens (tertiary/aromatic N) is 3. The van der Waals surface area contributed by atoms with E-state index < -0.39 is 0 Å². The smallest absolute Gasteiger partial charge is 0.293 e. The number of morpholine rings is 1. The van der Waals surface area contributed by atoms with Gasteiger partial charge < -0.3 is 19.3 Å². The molecule has 0 radical (unpaired) electrons. The molecule has 1 aromatic rings. The molecule has 0 amide bonds. The number of aromatic nitrogens is 2. The molecule has 1 aromatic heterocycles. The van der Waals surface area contributed by atoms with E-state index in [1.165, 1.54) is 4.57 Å². The highest BCUT2D eigenvalue weighted by molar-refractivity contribution is 5.37. The third-order valence-corrected chi connectivity index (χ3v) is 2.98. The summed E-state index contributed by atoms with van der Waals surface area (Å²) in [5.74, 6) is 0.421. The molecule has 6 heteroatoms. The van der Waals surface area contributed by atoms with E-state index in [2.05, 4.69) is 4.98 Å². The Morgan fingerprint density at radius 3 is 3.12 bits per heavy atom. The van der Waals surface area contributed by atoms with E-state index in [1.807, 2.05) is 11.8 Å². The fourth-order valence-corrected chi connectivity index (χ4v) is 1.90. The van der Waals surface area contributed by atoms with E-state index in [0.717, 1.165) is 0 Å². The van der Waals surface area contributed by atoms with Crippen molar-refractivity contribution < 1.29 is 9.84 Å². The Bertz CT molecular complexity index is 446. The van der Waals surface area contributed by atoms with Gasteiger partial charge in [0, 0.05) is 26.0 Å². The van der Waals surface area contributed by atoms with Gasteiger partial charge in [-0.2, -0.15) is 0 Å². The fraction of sp³-hybridized carbons (Fsp3) is 0.636. The van der Waals surface area contributed by atoms with E-state index in [9.17, 15) is 4.79 Å². The molecule has 1 aliphatic heterocycles. The number of aliphatic hydroxyl groups is 1. The SMILES string of the molecule is CC1COC(CO)CN1c1nccn(C)c1=O. The summed E-state index contributed by atoms with van der Waals surface area (Å²) in [4.78, 5) is 18.0. The molecular weight excluding hydrogens is 222 g/mol. The van der Waals surface area contributed by atoms with Gasteiger partial charge in [0.05, 0.1) is 25.4 Å². The average Bonchev–Trinajstić information content (AvgIpc) is 2.34. The van der Waals surface area contributed by atoms with Crippen LogP contribution in [0.4, 0.5) is 5.82 Å². The molecule has 0 bridgehead atoms. The molecule has 2 unspecified atom stereocenters. The van der Waals surface area contributed by atoms with Crippen molar-refractivity contribution >= 4 is 5.82 Å². The first kappa shape index (κ1) is 12.1. The Morgan fingerprint density at radius 2 is 2.41 bits per heavy atom. The minimum atomic E-state index is -0.252. The number of aliphatic hydroxyl groups excluding tert-OH is 1. The molecule has 1 saturated heterocycles. The molecule has 1 aliphatic rings. The van der Waals surface area contributed by atoms with Crippen molar-refractivity contribution in [3.63, 3.8) is 0 Å². The average molecular weight is 239 g/mol. The van der Waals surface area contributed by atoms with E-state index in [0.29, 0.717) is 19.0 Å². The molecule has 1 fully saturated rings. The highest BCUT2D eigenvalue weighted by atomic mass is 16.5. The highest BCUT2D eigenvalue weighted by Crippen LogP contribution is 2.15. The lowest BCUT2D eigenvalue weighted by atomic mass is 10.2. The second-order valence-corrected chi connectivity index (χ2v) is 4.31. The van der Waals surface area contributed by atoms with Gasteiger partial charge in [0.2, 0.25) is 0 Å². The lowest BCUT2D eigenvalue weighted by Crippen LogP contribution is -2.51. The maximum Gasteiger partial charge on any atom is 0.293 e. The largest absolute Gasteiger partial charge is 0.394 e. The van der Waals surface area contributed by atoms with Crippen molar-refractivity contribution in [2.75, 3.05) is 24.7 Å². The Morgan fingerprint density at radius 1 is 1.65 bits per heavy atom. The normalized spacial score (nSPS) is 25.0. The summed E-state index contributed by atoms with van der Waals surface area (Å²) in [5, 5.41) is 9.11. The summed E-state index contributed by atoms with van der Waals surface area (Å²) in [6.07, 6.45) is 2.98. The maximum absolute atomic E-state index is 12.0. The summed E-state index contributed by atoms with van der Waals surface area (Å²) in [6, 6.07) is 0.0837. The van der Waals surface area contributed by atoms with Gasteiger partial charge in [-0.25, -0.2) is 4.98 Å². The topological polar surface area (TPSA) is 67.6 Å². The zero-order chi connectivity index (χ0) is 12.4. The van der Waals surface area contributed by atoms with Gasteiger partial charge in [0.1, 0.15) is 0 Å². The quantitative estimate of drug-likeness (QED) is 0.744. The minimum Gasteiger partial charge on any atom is -0.394 e. The van der Waals surface area contributed by atoms with Gasteiger partial charge in [-0.05, 0) is 6.92 Å². The monoisotopic (exact) mass is 239 g/mol. The van der Waals surface area contributed by atoms with Crippen LogP contribution in [-0.4, -0.2) is 46.6 Å². The van der Waals surface area contributed by atoms with E-state index in [4.69, 9.17) is 9.84 Å². The Kier molecular flexibility index (Phi) is 3.44. The molecular formula is C11H17N3O3. The molecule has 0 aliphatic carbocycles. The van der Waals surface area contributed by atoms with Crippen LogP contribution >= 0.6 is 0 Å². The molecule has 2 heterocycles. The molecule has 0 aromatic carbocycles. The molecule has 2 atom stereocenters. The van der Waals surface area contributed by atoms with Gasteiger partial charge in [-0.1, -0.05) is 0 Å². The zero-order valence-electron chi connectivity index (χ0n) is 10.0. The number of anilines is 1. The molecule has 1 N–H and O–H groups in total. The van der Waals surface area contributed by atoms with Crippen LogP contribution in [0.15, 0.2) is 17.2 Å². The number of rotatable bonds is 2. The van der Waals surface area contributed by atoms with Gasteiger partial charge in [0.25, 0.3) is 5.56 Å². The second-order valence-electron chi connectivity index (χ2n) is 4.31. The first-order chi connectivity index (χ1) is 8.13. The lowest BCUT2D eigenvalue weighted by molar-refractivity contribution is -0.0106. The predicted molar refractivity (Wildman–Crippen MR) is 63.1 cm³/mol. The lowest BCUT2D eigenvalue weighted by Gasteiger charge is -2.37. The van der Waals surface area contributed by atoms with Crippen molar-refractivity contribution in [1.82, 2.24) is 9.55 Å². The van der Waals surface area contributed by atoms with Crippen molar-refractivity contribution in [3.8, 4) is 0 Å². The van der Waals surface area contributed by atoms with Crippen LogP contribution in [-0.2, 0) is 11.8 Å². The van der Waals surface area contributed by atoms with Crippen LogP contribution in [0.2, 0.25) is 0 Å². The van der Waals surface area contributed by atoms with Gasteiger partial charge in [-0.3, -0.25) is 4.79 Å². The first-order valence-electron chi connectivity index (χ1n) is 5.64. The van der Waals surface area contributed by atoms with Crippen LogP contribution in [0.5, 0.6) is 0 Å². The number of ether oxygens (including phenoxy) is 1. The molecule has 0 saturated carbocycles. The first-order valence-corrected chi connectivity index (χ1v) is 5.64. The molecule has 2 rings (SSSR count). The van der Waals surface area contributed by atoms with Gasteiger partial charge in [0.15, 0.2) is 5.82 Å². The Balaban J connectivity index is 2.31. The summed E-state index contributed by atoms with van der Waals surface area (Å²) in [7, 11) is 1.70. The van der Waals surface area contributed by atoms with Crippen molar-refractivity contribution in [2.45, 2.75) is 19.1 Å². The van der Waals surface area contributed by atoms with Crippen LogP contribution < -0.4 is 10.5 Å². The van der Waals surface area contributed by atoms with E-state index in [-0.39, 0.29) is 24.3 Å². The third-order valence-electron chi connectivity index (χ3n) is 2.98. The fourth-order valence-electron chi connectivity index (χ4n) is 1.90. The van der Waals surface area contributed by atoms with Crippen LogP contribution in [0.1, 0.15) is 6.92 Å². The molecule has 6 nitrogen and oxygen atoms in total. The highest BCUT2D eigenvalue weighted by Gasteiger charge is 2.28. The van der Waals surface area contributed by atoms with Crippen molar-refractivity contribution in [3.05, 3.63) is 22.7 Å². The third kappa shape index (κ3) is 2.32. The van der Waals surface area contributed by atoms with Crippen molar-refractivity contribution in [2.24, 2.45) is 7.05 Å². The summed E-state index contributed by atoms with van der Waals surface area (Å²) in [5.41, 5.74) is -0.127. The van der Waals surface area contributed by atoms with Crippen LogP contribution in [0, 0.1) is 0 Å². The Hall–Kier alpha value is -1.40. The zero-order valence-corrected chi connectivity index (χ0v) is 10.0. The minimum absolute atomic E-state index is 0.0453. The summed E-state index contributed by atoms with van der Waals surface area (Å²) in [6.45, 7) is 2.91. The molecule has 94 valence electrons. The predicted octanol–water partition coefficient (Wildman–Crippen LogP) is -0.634. The second kappa shape index (κ2) is 4.85. The molecule has 0 spiro atoms. The number of hydrogen-bond acceptors (Lipinski definition) is 5. The van der Waals surface area contributed by atoms with Gasteiger partial charge >= 0.3 is 0 Å². The standard InChI is InChI=1S/C11H17N3O3/c1-8-7-17-9(6-15)5-14(8)10-11(16)13(2)4-3-12-10/h3-4,8-9,15H,5-7H2,1-2H3.